The number of fused-ring (bicyclic) bond motifs is 1. The molecule has 0 bridgehead atoms. The van der Waals surface area contributed by atoms with Crippen molar-refractivity contribution in [3.8, 4) is 0 Å². The van der Waals surface area contributed by atoms with Gasteiger partial charge in [-0.3, -0.25) is 4.79 Å². The Hall–Kier alpha value is -2.68. The molecule has 1 aromatic heterocycles. The van der Waals surface area contributed by atoms with Gasteiger partial charge in [0, 0.05) is 49.9 Å². The summed E-state index contributed by atoms with van der Waals surface area (Å²) in [4.78, 5) is 17.0. The lowest BCUT2D eigenvalue weighted by molar-refractivity contribution is -0.126. The van der Waals surface area contributed by atoms with Gasteiger partial charge >= 0.3 is 0 Å². The number of allylic oxidation sites excluding steroid dienone is 1. The zero-order valence-electron chi connectivity index (χ0n) is 26.3. The van der Waals surface area contributed by atoms with E-state index in [1.54, 1.807) is 0 Å². The molecule has 1 aromatic carbocycles. The Kier molecular flexibility index (Phi) is 9.85. The average Bonchev–Trinajstić information content (AvgIpc) is 3.43. The second-order valence-corrected chi connectivity index (χ2v) is 13.4. The Labute approximate surface area is 258 Å². The van der Waals surface area contributed by atoms with Crippen LogP contribution in [0.1, 0.15) is 105 Å². The topological polar surface area (TPSA) is 83.5 Å². The zero-order valence-corrected chi connectivity index (χ0v) is 26.3. The predicted octanol–water partition coefficient (Wildman–Crippen LogP) is 5.70. The number of hydrogen-bond donors (Lipinski definition) is 3. The first kappa shape index (κ1) is 30.4. The van der Waals surface area contributed by atoms with E-state index in [4.69, 9.17) is 9.84 Å². The van der Waals surface area contributed by atoms with Gasteiger partial charge in [-0.1, -0.05) is 55.7 Å². The summed E-state index contributed by atoms with van der Waals surface area (Å²) in [6.45, 7) is 4.28. The van der Waals surface area contributed by atoms with Gasteiger partial charge in [0.15, 0.2) is 0 Å². The van der Waals surface area contributed by atoms with Crippen molar-refractivity contribution >= 4 is 11.7 Å². The van der Waals surface area contributed by atoms with Crippen LogP contribution >= 0.6 is 0 Å². The van der Waals surface area contributed by atoms with Crippen LogP contribution in [-0.4, -0.2) is 67.0 Å². The van der Waals surface area contributed by atoms with Gasteiger partial charge < -0.3 is 25.6 Å². The first-order valence-corrected chi connectivity index (χ1v) is 16.9. The summed E-state index contributed by atoms with van der Waals surface area (Å²) in [5.74, 6) is 0.902. The highest BCUT2D eigenvalue weighted by Crippen LogP contribution is 2.58. The van der Waals surface area contributed by atoms with Crippen LogP contribution in [-0.2, 0) is 16.1 Å². The normalized spacial score (nSPS) is 27.4. The van der Waals surface area contributed by atoms with Crippen molar-refractivity contribution < 1.29 is 9.53 Å². The number of ether oxygens (including phenoxy) is 1. The van der Waals surface area contributed by atoms with Gasteiger partial charge in [-0.15, -0.1) is 0 Å². The van der Waals surface area contributed by atoms with E-state index in [2.05, 4.69) is 69.0 Å². The first-order chi connectivity index (χ1) is 21.1. The summed E-state index contributed by atoms with van der Waals surface area (Å²) in [5, 5.41) is 15.8. The third kappa shape index (κ3) is 6.57. The van der Waals surface area contributed by atoms with E-state index in [-0.39, 0.29) is 23.9 Å². The molecular weight excluding hydrogens is 536 g/mol. The second-order valence-electron chi connectivity index (χ2n) is 13.4. The molecule has 1 amide bonds. The van der Waals surface area contributed by atoms with Crippen LogP contribution in [0.15, 0.2) is 42.6 Å². The summed E-state index contributed by atoms with van der Waals surface area (Å²) < 4.78 is 7.84. The lowest BCUT2D eigenvalue weighted by Gasteiger charge is -2.49. The van der Waals surface area contributed by atoms with Crippen molar-refractivity contribution in [2.45, 2.75) is 101 Å². The minimum Gasteiger partial charge on any atom is -0.381 e. The number of aromatic nitrogens is 2. The van der Waals surface area contributed by atoms with Crippen LogP contribution in [0.2, 0.25) is 0 Å². The third-order valence-corrected chi connectivity index (χ3v) is 10.4. The zero-order chi connectivity index (χ0) is 29.6. The van der Waals surface area contributed by atoms with Crippen LogP contribution in [0.25, 0.3) is 0 Å². The van der Waals surface area contributed by atoms with E-state index in [0.717, 1.165) is 76.0 Å². The highest BCUT2D eigenvalue weighted by atomic mass is 16.5. The molecule has 1 saturated carbocycles. The molecule has 3 heterocycles. The molecule has 234 valence electrons. The number of nitrogens with zero attached hydrogens (tertiary/aromatic N) is 3. The Morgan fingerprint density at radius 2 is 1.98 bits per heavy atom. The van der Waals surface area contributed by atoms with Gasteiger partial charge in [0.2, 0.25) is 5.91 Å². The number of benzene rings is 1. The molecule has 8 nitrogen and oxygen atoms in total. The Balaban J connectivity index is 1.44. The van der Waals surface area contributed by atoms with E-state index < -0.39 is 5.41 Å². The number of likely N-dealkylation sites (N-methyl/N-ethyl adjacent to an activating group) is 2. The number of anilines is 1. The summed E-state index contributed by atoms with van der Waals surface area (Å²) in [6.07, 6.45) is 18.9. The molecular formula is C35H52N6O2. The highest BCUT2D eigenvalue weighted by Gasteiger charge is 2.53. The molecule has 3 N–H and O–H groups in total. The Bertz CT molecular complexity index is 1250. The maximum atomic E-state index is 14.7. The SMILES string of the molecule is CNCCN(C)Cc1cccc(C2Nc3c(cnn3C3CCC3)C(C(=O)NC3CCOCC3)C23/C=C\CCCCCC3)c1. The van der Waals surface area contributed by atoms with E-state index in [1.807, 2.05) is 13.2 Å². The smallest absolute Gasteiger partial charge is 0.228 e. The molecule has 43 heavy (non-hydrogen) atoms. The molecule has 2 aliphatic carbocycles. The van der Waals surface area contributed by atoms with Gasteiger partial charge in [0.1, 0.15) is 5.82 Å². The van der Waals surface area contributed by atoms with Crippen molar-refractivity contribution in [1.29, 1.82) is 0 Å². The van der Waals surface area contributed by atoms with Crippen molar-refractivity contribution in [2.75, 3.05) is 45.7 Å². The summed E-state index contributed by atoms with van der Waals surface area (Å²) in [7, 11) is 4.19. The molecule has 2 aliphatic heterocycles. The molecule has 4 aliphatic rings. The highest BCUT2D eigenvalue weighted by molar-refractivity contribution is 5.88. The monoisotopic (exact) mass is 588 g/mol. The molecule has 3 atom stereocenters. The molecule has 1 saturated heterocycles. The maximum Gasteiger partial charge on any atom is 0.228 e. The van der Waals surface area contributed by atoms with Crippen LogP contribution in [0, 0.1) is 5.41 Å². The number of rotatable bonds is 9. The number of nitrogens with one attached hydrogen (secondary N) is 3. The Morgan fingerprint density at radius 1 is 1.14 bits per heavy atom. The molecule has 6 rings (SSSR count). The van der Waals surface area contributed by atoms with Gasteiger partial charge in [0.05, 0.1) is 24.2 Å². The van der Waals surface area contributed by atoms with Gasteiger partial charge in [-0.25, -0.2) is 4.68 Å². The summed E-state index contributed by atoms with van der Waals surface area (Å²) >= 11 is 0. The lowest BCUT2D eigenvalue weighted by atomic mass is 9.60. The van der Waals surface area contributed by atoms with E-state index in [1.165, 1.54) is 36.8 Å². The van der Waals surface area contributed by atoms with Crippen molar-refractivity contribution in [1.82, 2.24) is 25.3 Å². The fourth-order valence-corrected chi connectivity index (χ4v) is 7.76. The van der Waals surface area contributed by atoms with Crippen molar-refractivity contribution in [3.63, 3.8) is 0 Å². The third-order valence-electron chi connectivity index (χ3n) is 10.4. The van der Waals surface area contributed by atoms with Crippen molar-refractivity contribution in [3.05, 3.63) is 59.3 Å². The van der Waals surface area contributed by atoms with Crippen LogP contribution in [0.3, 0.4) is 0 Å². The summed E-state index contributed by atoms with van der Waals surface area (Å²) in [5.41, 5.74) is 3.25. The number of carbonyl (C=O) groups is 1. The molecule has 8 heteroatoms. The molecule has 2 fully saturated rings. The van der Waals surface area contributed by atoms with Crippen LogP contribution in [0.4, 0.5) is 5.82 Å². The lowest BCUT2D eigenvalue weighted by Crippen LogP contribution is -2.50. The van der Waals surface area contributed by atoms with Gasteiger partial charge in [-0.05, 0) is 76.6 Å². The standard InChI is InChI=1S/C35H52N6O2/c1-36-19-20-40(2)25-26-11-9-12-27(23-26)32-35(17-7-5-3-4-6-8-18-35)31(34(42)38-28-15-21-43-22-16-28)30-24-37-41(33(30)39-32)29-13-10-14-29/h7,9,11-12,17,23-24,28-29,31-32,36,39H,3-6,8,10,13-16,18-22,25H2,1-2H3,(H,38,42)/b17-7-. The fraction of sp³-hybridized carbons (Fsp3) is 0.657. The van der Waals surface area contributed by atoms with Gasteiger partial charge in [-0.2, -0.15) is 5.10 Å². The van der Waals surface area contributed by atoms with E-state index in [9.17, 15) is 4.79 Å². The minimum atomic E-state index is -0.392. The van der Waals surface area contributed by atoms with Crippen LogP contribution in [0.5, 0.6) is 0 Å². The molecule has 0 radical (unpaired) electrons. The molecule has 3 unspecified atom stereocenters. The van der Waals surface area contributed by atoms with Gasteiger partial charge in [0.25, 0.3) is 0 Å². The number of amides is 1. The van der Waals surface area contributed by atoms with E-state index >= 15 is 0 Å². The largest absolute Gasteiger partial charge is 0.381 e. The predicted molar refractivity (Wildman–Crippen MR) is 172 cm³/mol. The summed E-state index contributed by atoms with van der Waals surface area (Å²) in [6, 6.07) is 9.66. The van der Waals surface area contributed by atoms with E-state index in [0.29, 0.717) is 19.3 Å². The van der Waals surface area contributed by atoms with Crippen LogP contribution < -0.4 is 16.0 Å². The number of hydrogen-bond acceptors (Lipinski definition) is 6. The molecule has 1 spiro atoms. The minimum absolute atomic E-state index is 0.0297. The average molecular weight is 589 g/mol. The second kappa shape index (κ2) is 14.0. The number of carbonyl (C=O) groups excluding carboxylic acids is 1. The van der Waals surface area contributed by atoms with Crippen molar-refractivity contribution in [2.24, 2.45) is 5.41 Å². The Morgan fingerprint density at radius 3 is 2.77 bits per heavy atom. The maximum absolute atomic E-state index is 14.7. The fourth-order valence-electron chi connectivity index (χ4n) is 7.76. The first-order valence-electron chi connectivity index (χ1n) is 16.9. The molecule has 2 aromatic rings. The quantitative estimate of drug-likeness (QED) is 0.326.